The largest absolute Gasteiger partial charge is 0.456 e. The Morgan fingerprint density at radius 3 is 2.55 bits per heavy atom. The molecular formula is C7H11NO2S. The highest BCUT2D eigenvalue weighted by Gasteiger charge is 2.18. The number of nitrogens with two attached hydrogens (primary N) is 1. The van der Waals surface area contributed by atoms with Gasteiger partial charge in [0.15, 0.2) is 5.09 Å². The average molecular weight is 173 g/mol. The SMILES string of the molecule is CC(C)(O)c1coc(SN)c1. The van der Waals surface area contributed by atoms with Gasteiger partial charge in [-0.3, -0.25) is 5.14 Å². The van der Waals surface area contributed by atoms with E-state index in [2.05, 4.69) is 0 Å². The van der Waals surface area contributed by atoms with Crippen LogP contribution in [-0.4, -0.2) is 5.11 Å². The second-order valence-corrected chi connectivity index (χ2v) is 3.47. The lowest BCUT2D eigenvalue weighted by Gasteiger charge is -2.13. The molecule has 1 aromatic rings. The Balaban J connectivity index is 2.89. The summed E-state index contributed by atoms with van der Waals surface area (Å²) in [5, 5.41) is 15.3. The van der Waals surface area contributed by atoms with Crippen LogP contribution < -0.4 is 5.14 Å². The number of hydrogen-bond donors (Lipinski definition) is 2. The van der Waals surface area contributed by atoms with Gasteiger partial charge in [0.1, 0.15) is 0 Å². The van der Waals surface area contributed by atoms with Crippen LogP contribution in [0.25, 0.3) is 0 Å². The van der Waals surface area contributed by atoms with Gasteiger partial charge in [-0.2, -0.15) is 0 Å². The molecule has 0 aliphatic rings. The molecule has 1 rings (SSSR count). The second kappa shape index (κ2) is 2.89. The Labute approximate surface area is 69.7 Å². The van der Waals surface area contributed by atoms with Crippen LogP contribution >= 0.6 is 11.9 Å². The molecule has 0 saturated carbocycles. The molecule has 0 unspecified atom stereocenters. The molecule has 1 aromatic heterocycles. The van der Waals surface area contributed by atoms with Crippen LogP contribution in [0.2, 0.25) is 0 Å². The summed E-state index contributed by atoms with van der Waals surface area (Å²) >= 11 is 1.03. The summed E-state index contributed by atoms with van der Waals surface area (Å²) in [6.07, 6.45) is 1.51. The van der Waals surface area contributed by atoms with Crippen LogP contribution in [0, 0.1) is 0 Å². The lowest BCUT2D eigenvalue weighted by atomic mass is 10.0. The Morgan fingerprint density at radius 1 is 1.64 bits per heavy atom. The van der Waals surface area contributed by atoms with Crippen LogP contribution in [0.3, 0.4) is 0 Å². The summed E-state index contributed by atoms with van der Waals surface area (Å²) in [5.41, 5.74) is -0.109. The summed E-state index contributed by atoms with van der Waals surface area (Å²) in [4.78, 5) is 0. The van der Waals surface area contributed by atoms with E-state index in [9.17, 15) is 5.11 Å². The third-order valence-electron chi connectivity index (χ3n) is 1.40. The highest BCUT2D eigenvalue weighted by molar-refractivity contribution is 7.96. The van der Waals surface area contributed by atoms with Crippen LogP contribution in [0.5, 0.6) is 0 Å². The summed E-state index contributed by atoms with van der Waals surface area (Å²) < 4.78 is 5.02. The van der Waals surface area contributed by atoms with Crippen LogP contribution in [0.1, 0.15) is 19.4 Å². The van der Waals surface area contributed by atoms with Crippen molar-refractivity contribution in [3.8, 4) is 0 Å². The first-order valence-corrected chi connectivity index (χ1v) is 4.10. The maximum Gasteiger partial charge on any atom is 0.175 e. The fourth-order valence-corrected chi connectivity index (χ4v) is 0.998. The first-order chi connectivity index (χ1) is 5.04. The van der Waals surface area contributed by atoms with Crippen molar-refractivity contribution in [2.24, 2.45) is 5.14 Å². The lowest BCUT2D eigenvalue weighted by molar-refractivity contribution is 0.0779. The van der Waals surface area contributed by atoms with Gasteiger partial charge in [-0.25, -0.2) is 0 Å². The normalized spacial score (nSPS) is 12.0. The zero-order valence-electron chi connectivity index (χ0n) is 6.50. The average Bonchev–Trinajstić information content (AvgIpc) is 2.32. The van der Waals surface area contributed by atoms with Crippen LogP contribution in [-0.2, 0) is 5.60 Å². The molecule has 3 nitrogen and oxygen atoms in total. The monoisotopic (exact) mass is 173 g/mol. The molecular weight excluding hydrogens is 162 g/mol. The summed E-state index contributed by atoms with van der Waals surface area (Å²) in [6, 6.07) is 1.73. The third-order valence-corrected chi connectivity index (χ3v) is 1.84. The van der Waals surface area contributed by atoms with Crippen molar-refractivity contribution < 1.29 is 9.52 Å². The fourth-order valence-electron chi connectivity index (χ4n) is 0.699. The molecule has 4 heteroatoms. The van der Waals surface area contributed by atoms with Crippen molar-refractivity contribution >= 4 is 11.9 Å². The van der Waals surface area contributed by atoms with Gasteiger partial charge in [0, 0.05) is 5.56 Å². The van der Waals surface area contributed by atoms with Crippen molar-refractivity contribution in [2.45, 2.75) is 24.5 Å². The maximum atomic E-state index is 9.49. The van der Waals surface area contributed by atoms with E-state index in [4.69, 9.17) is 9.56 Å². The van der Waals surface area contributed by atoms with Gasteiger partial charge in [-0.1, -0.05) is 0 Å². The molecule has 0 fully saturated rings. The quantitative estimate of drug-likeness (QED) is 0.665. The molecule has 11 heavy (non-hydrogen) atoms. The Bertz CT molecular complexity index is 239. The summed E-state index contributed by atoms with van der Waals surface area (Å²) in [5.74, 6) is 0. The minimum Gasteiger partial charge on any atom is -0.456 e. The molecule has 0 saturated heterocycles. The van der Waals surface area contributed by atoms with Gasteiger partial charge in [-0.15, -0.1) is 0 Å². The fraction of sp³-hybridized carbons (Fsp3) is 0.429. The topological polar surface area (TPSA) is 59.4 Å². The molecule has 0 aromatic carbocycles. The number of aliphatic hydroxyl groups is 1. The van der Waals surface area contributed by atoms with Gasteiger partial charge in [0.25, 0.3) is 0 Å². The molecule has 0 amide bonds. The van der Waals surface area contributed by atoms with Crippen LogP contribution in [0.15, 0.2) is 21.8 Å². The van der Waals surface area contributed by atoms with E-state index in [0.717, 1.165) is 17.5 Å². The van der Waals surface area contributed by atoms with Crippen molar-refractivity contribution in [3.63, 3.8) is 0 Å². The zero-order chi connectivity index (χ0) is 8.48. The molecule has 62 valence electrons. The molecule has 0 bridgehead atoms. The van der Waals surface area contributed by atoms with Crippen molar-refractivity contribution in [3.05, 3.63) is 17.9 Å². The van der Waals surface area contributed by atoms with E-state index in [1.807, 2.05) is 0 Å². The van der Waals surface area contributed by atoms with E-state index in [0.29, 0.717) is 5.09 Å². The second-order valence-electron chi connectivity index (χ2n) is 2.83. The third kappa shape index (κ3) is 1.99. The Morgan fingerprint density at radius 2 is 2.27 bits per heavy atom. The maximum absolute atomic E-state index is 9.49. The van der Waals surface area contributed by atoms with E-state index in [-0.39, 0.29) is 0 Å². The molecule has 0 radical (unpaired) electrons. The van der Waals surface area contributed by atoms with E-state index in [1.165, 1.54) is 6.26 Å². The van der Waals surface area contributed by atoms with Gasteiger partial charge in [0.05, 0.1) is 11.9 Å². The van der Waals surface area contributed by atoms with Gasteiger partial charge in [0.2, 0.25) is 0 Å². The smallest absolute Gasteiger partial charge is 0.175 e. The number of furan rings is 1. The van der Waals surface area contributed by atoms with Gasteiger partial charge < -0.3 is 9.52 Å². The Hall–Kier alpha value is -0.450. The van der Waals surface area contributed by atoms with E-state index < -0.39 is 5.60 Å². The molecule has 1 heterocycles. The van der Waals surface area contributed by atoms with Crippen molar-refractivity contribution in [1.82, 2.24) is 0 Å². The van der Waals surface area contributed by atoms with E-state index >= 15 is 0 Å². The molecule has 0 aliphatic carbocycles. The Kier molecular flexibility index (Phi) is 2.27. The molecule has 0 spiro atoms. The number of hydrogen-bond acceptors (Lipinski definition) is 4. The highest BCUT2D eigenvalue weighted by atomic mass is 32.2. The first-order valence-electron chi connectivity index (χ1n) is 3.22. The predicted octanol–water partition coefficient (Wildman–Crippen LogP) is 1.47. The first kappa shape index (κ1) is 8.64. The number of rotatable bonds is 2. The summed E-state index contributed by atoms with van der Waals surface area (Å²) in [7, 11) is 0. The minimum atomic E-state index is -0.850. The lowest BCUT2D eigenvalue weighted by Crippen LogP contribution is -2.13. The molecule has 0 atom stereocenters. The zero-order valence-corrected chi connectivity index (χ0v) is 7.31. The summed E-state index contributed by atoms with van der Waals surface area (Å²) in [6.45, 7) is 3.39. The van der Waals surface area contributed by atoms with Gasteiger partial charge >= 0.3 is 0 Å². The standard InChI is InChI=1S/C7H11NO2S/c1-7(2,9)5-3-6(11-8)10-4-5/h3-4,9H,8H2,1-2H3. The minimum absolute atomic E-state index is 0.613. The van der Waals surface area contributed by atoms with Gasteiger partial charge in [-0.05, 0) is 31.9 Å². The molecule has 0 aliphatic heterocycles. The van der Waals surface area contributed by atoms with Crippen molar-refractivity contribution in [2.75, 3.05) is 0 Å². The highest BCUT2D eigenvalue weighted by Crippen LogP contribution is 2.24. The predicted molar refractivity (Wildman–Crippen MR) is 44.0 cm³/mol. The van der Waals surface area contributed by atoms with E-state index in [1.54, 1.807) is 19.9 Å². The molecule has 3 N–H and O–H groups in total. The van der Waals surface area contributed by atoms with Crippen LogP contribution in [0.4, 0.5) is 0 Å². The van der Waals surface area contributed by atoms with Crippen molar-refractivity contribution in [1.29, 1.82) is 0 Å².